The van der Waals surface area contributed by atoms with Crippen LogP contribution in [0.1, 0.15) is 43.2 Å². The van der Waals surface area contributed by atoms with Crippen LogP contribution in [0.15, 0.2) is 18.2 Å². The molecule has 2 aliphatic carbocycles. The van der Waals surface area contributed by atoms with E-state index in [0.29, 0.717) is 23.9 Å². The smallest absolute Gasteiger partial charge is 0.226 e. The van der Waals surface area contributed by atoms with Crippen molar-refractivity contribution >= 4 is 17.5 Å². The zero-order valence-corrected chi connectivity index (χ0v) is 15.7. The maximum absolute atomic E-state index is 13.1. The van der Waals surface area contributed by atoms with E-state index in [9.17, 15) is 4.79 Å². The molecular weight excluding hydrogens is 332 g/mol. The quantitative estimate of drug-likeness (QED) is 0.818. The predicted molar refractivity (Wildman–Crippen MR) is 99.4 cm³/mol. The van der Waals surface area contributed by atoms with Gasteiger partial charge in [0.2, 0.25) is 5.91 Å². The first-order valence-corrected chi connectivity index (χ1v) is 10.3. The lowest BCUT2D eigenvalue weighted by molar-refractivity contribution is -0.139. The molecule has 3 unspecified atom stereocenters. The molecule has 1 amide bonds. The second-order valence-electron chi connectivity index (χ2n) is 8.76. The van der Waals surface area contributed by atoms with E-state index < -0.39 is 0 Å². The van der Waals surface area contributed by atoms with Crippen LogP contribution in [0.4, 0.5) is 0 Å². The third-order valence-corrected chi connectivity index (χ3v) is 7.47. The Labute approximate surface area is 155 Å². The van der Waals surface area contributed by atoms with Gasteiger partial charge in [-0.25, -0.2) is 0 Å². The van der Waals surface area contributed by atoms with Crippen molar-refractivity contribution in [1.29, 1.82) is 0 Å². The number of hydrogen-bond donors (Lipinski definition) is 0. The molecule has 2 saturated carbocycles. The van der Waals surface area contributed by atoms with Crippen molar-refractivity contribution in [2.75, 3.05) is 13.1 Å². The van der Waals surface area contributed by atoms with Crippen LogP contribution < -0.4 is 0 Å². The first kappa shape index (κ1) is 16.1. The van der Waals surface area contributed by atoms with Crippen LogP contribution >= 0.6 is 11.6 Å². The van der Waals surface area contributed by atoms with Gasteiger partial charge in [-0.15, -0.1) is 0 Å². The number of carbonyl (C=O) groups is 1. The molecule has 1 aromatic carbocycles. The van der Waals surface area contributed by atoms with Gasteiger partial charge in [-0.2, -0.15) is 0 Å². The first-order chi connectivity index (χ1) is 12.1. The van der Waals surface area contributed by atoms with Crippen LogP contribution in [0.3, 0.4) is 0 Å². The minimum Gasteiger partial charge on any atom is -0.337 e. The zero-order valence-electron chi connectivity index (χ0n) is 15.0. The summed E-state index contributed by atoms with van der Waals surface area (Å²) in [6, 6.07) is 7.30. The molecule has 0 radical (unpaired) electrons. The highest BCUT2D eigenvalue weighted by molar-refractivity contribution is 6.31. The molecule has 0 spiro atoms. The van der Waals surface area contributed by atoms with Crippen molar-refractivity contribution in [1.82, 2.24) is 9.80 Å². The number of rotatable bonds is 3. The predicted octanol–water partition coefficient (Wildman–Crippen LogP) is 3.87. The van der Waals surface area contributed by atoms with E-state index in [0.717, 1.165) is 49.3 Å². The Bertz CT molecular complexity index is 705. The van der Waals surface area contributed by atoms with Crippen molar-refractivity contribution in [3.8, 4) is 0 Å². The van der Waals surface area contributed by atoms with E-state index in [1.165, 1.54) is 30.4 Å². The Kier molecular flexibility index (Phi) is 3.87. The molecule has 0 N–H and O–H groups in total. The molecule has 25 heavy (non-hydrogen) atoms. The largest absolute Gasteiger partial charge is 0.337 e. The van der Waals surface area contributed by atoms with Crippen LogP contribution in [-0.4, -0.2) is 40.9 Å². The maximum Gasteiger partial charge on any atom is 0.226 e. The second kappa shape index (κ2) is 5.99. The molecule has 2 heterocycles. The van der Waals surface area contributed by atoms with Gasteiger partial charge in [0.05, 0.1) is 0 Å². The summed E-state index contributed by atoms with van der Waals surface area (Å²) in [5, 5.41) is 0.873. The van der Waals surface area contributed by atoms with Gasteiger partial charge >= 0.3 is 0 Å². The van der Waals surface area contributed by atoms with Gasteiger partial charge in [-0.3, -0.25) is 9.69 Å². The van der Waals surface area contributed by atoms with E-state index >= 15 is 0 Å². The van der Waals surface area contributed by atoms with Crippen molar-refractivity contribution in [3.05, 3.63) is 34.3 Å². The lowest BCUT2D eigenvalue weighted by Gasteiger charge is -2.37. The van der Waals surface area contributed by atoms with Crippen molar-refractivity contribution in [2.45, 2.75) is 57.7 Å². The maximum atomic E-state index is 13.1. The molecule has 2 saturated heterocycles. The fraction of sp³-hybridized carbons (Fsp3) is 0.667. The number of carbonyl (C=O) groups excluding carboxylic acids is 1. The number of aryl methyl sites for hydroxylation is 1. The lowest BCUT2D eigenvalue weighted by Crippen LogP contribution is -2.50. The van der Waals surface area contributed by atoms with Gasteiger partial charge < -0.3 is 4.90 Å². The molecule has 5 rings (SSSR count). The number of amides is 1. The molecule has 4 heteroatoms. The number of likely N-dealkylation sites (tertiary alicyclic amines) is 2. The van der Waals surface area contributed by atoms with Crippen LogP contribution in [0.5, 0.6) is 0 Å². The number of halogens is 1. The van der Waals surface area contributed by atoms with Gasteiger partial charge in [0.25, 0.3) is 0 Å². The summed E-state index contributed by atoms with van der Waals surface area (Å²) >= 11 is 6.42. The molecule has 5 atom stereocenters. The number of benzene rings is 1. The SMILES string of the molecule is Cc1ccc(CN2C[C@@H]3C[C@H]2CN3C(=O)C2CCCC3CC32)c(Cl)c1. The number of nitrogens with zero attached hydrogens (tertiary/aromatic N) is 2. The van der Waals surface area contributed by atoms with Crippen LogP contribution in [0.25, 0.3) is 0 Å². The lowest BCUT2D eigenvalue weighted by atomic mass is 9.88. The van der Waals surface area contributed by atoms with Gasteiger partial charge in [-0.05, 0) is 55.2 Å². The van der Waals surface area contributed by atoms with Crippen LogP contribution in [-0.2, 0) is 11.3 Å². The Balaban J connectivity index is 1.23. The number of fused-ring (bicyclic) bond motifs is 3. The number of piperazine rings is 1. The molecule has 1 aromatic rings. The third kappa shape index (κ3) is 2.80. The van der Waals surface area contributed by atoms with E-state index in [-0.39, 0.29) is 0 Å². The fourth-order valence-electron chi connectivity index (χ4n) is 5.64. The molecule has 2 aliphatic heterocycles. The summed E-state index contributed by atoms with van der Waals surface area (Å²) in [4.78, 5) is 17.8. The summed E-state index contributed by atoms with van der Waals surface area (Å²) in [5.41, 5.74) is 2.42. The highest BCUT2D eigenvalue weighted by Crippen LogP contribution is 2.53. The second-order valence-corrected chi connectivity index (χ2v) is 9.16. The average molecular weight is 359 g/mol. The standard InChI is InChI=1S/C21H27ClN2O/c1-13-5-6-15(20(22)7-13)10-23-11-17-9-16(23)12-24(17)21(25)18-4-2-3-14-8-19(14)18/h5-7,14,16-19H,2-4,8-12H2,1H3/t14?,16-,17-,18?,19?/m0/s1. The normalized spacial score (nSPS) is 36.6. The van der Waals surface area contributed by atoms with Crippen LogP contribution in [0.2, 0.25) is 5.02 Å². The molecule has 0 aromatic heterocycles. The monoisotopic (exact) mass is 358 g/mol. The van der Waals surface area contributed by atoms with Crippen LogP contribution in [0, 0.1) is 24.7 Å². The summed E-state index contributed by atoms with van der Waals surface area (Å²) in [6.45, 7) is 4.94. The Morgan fingerprint density at radius 1 is 1.20 bits per heavy atom. The zero-order chi connectivity index (χ0) is 17.1. The summed E-state index contributed by atoms with van der Waals surface area (Å²) in [7, 11) is 0. The highest BCUT2D eigenvalue weighted by Gasteiger charge is 2.52. The molecular formula is C21H27ClN2O. The minimum absolute atomic E-state index is 0.345. The van der Waals surface area contributed by atoms with Crippen molar-refractivity contribution in [2.24, 2.45) is 17.8 Å². The fourth-order valence-corrected chi connectivity index (χ4v) is 5.94. The molecule has 4 aliphatic rings. The van der Waals surface area contributed by atoms with Crippen molar-refractivity contribution < 1.29 is 4.79 Å². The third-order valence-electron chi connectivity index (χ3n) is 7.12. The van der Waals surface area contributed by atoms with E-state index in [1.54, 1.807) is 0 Å². The average Bonchev–Trinajstić information content (AvgIpc) is 3.14. The molecule has 2 bridgehead atoms. The van der Waals surface area contributed by atoms with Gasteiger partial charge in [-0.1, -0.05) is 36.6 Å². The summed E-state index contributed by atoms with van der Waals surface area (Å²) in [6.07, 6.45) is 6.23. The highest BCUT2D eigenvalue weighted by atomic mass is 35.5. The first-order valence-electron chi connectivity index (χ1n) is 9.89. The molecule has 3 nitrogen and oxygen atoms in total. The van der Waals surface area contributed by atoms with Crippen molar-refractivity contribution in [3.63, 3.8) is 0 Å². The van der Waals surface area contributed by atoms with Gasteiger partial charge in [0.1, 0.15) is 0 Å². The van der Waals surface area contributed by atoms with Gasteiger partial charge in [0, 0.05) is 42.7 Å². The number of hydrogen-bond acceptors (Lipinski definition) is 2. The van der Waals surface area contributed by atoms with Gasteiger partial charge in [0.15, 0.2) is 0 Å². The minimum atomic E-state index is 0.345. The summed E-state index contributed by atoms with van der Waals surface area (Å²) < 4.78 is 0. The summed E-state index contributed by atoms with van der Waals surface area (Å²) in [5.74, 6) is 2.43. The molecule has 134 valence electrons. The molecule has 4 fully saturated rings. The Morgan fingerprint density at radius 2 is 2.08 bits per heavy atom. The topological polar surface area (TPSA) is 23.6 Å². The Hall–Kier alpha value is -1.06. The van der Waals surface area contributed by atoms with E-state index in [1.807, 2.05) is 0 Å². The van der Waals surface area contributed by atoms with E-state index in [2.05, 4.69) is 34.9 Å². The Morgan fingerprint density at radius 3 is 2.84 bits per heavy atom. The van der Waals surface area contributed by atoms with E-state index in [4.69, 9.17) is 11.6 Å².